The second-order valence-corrected chi connectivity index (χ2v) is 4.32. The molecule has 0 radical (unpaired) electrons. The van der Waals surface area contributed by atoms with Gasteiger partial charge in [-0.2, -0.15) is 10.4 Å². The predicted molar refractivity (Wildman–Crippen MR) is 53.8 cm³/mol. The Morgan fingerprint density at radius 3 is 2.93 bits per heavy atom. The van der Waals surface area contributed by atoms with Crippen LogP contribution in [-0.4, -0.2) is 9.78 Å². The summed E-state index contributed by atoms with van der Waals surface area (Å²) in [7, 11) is 0. The van der Waals surface area contributed by atoms with Crippen molar-refractivity contribution in [3.8, 4) is 6.07 Å². The van der Waals surface area contributed by atoms with Crippen LogP contribution < -0.4 is 0 Å². The average molecular weight is 189 g/mol. The van der Waals surface area contributed by atoms with Crippen LogP contribution in [-0.2, 0) is 19.4 Å². The highest BCUT2D eigenvalue weighted by molar-refractivity contribution is 5.38. The summed E-state index contributed by atoms with van der Waals surface area (Å²) < 4.78 is 2.03. The van der Waals surface area contributed by atoms with Gasteiger partial charge >= 0.3 is 0 Å². The molecule has 1 aliphatic rings. The van der Waals surface area contributed by atoms with E-state index >= 15 is 0 Å². The molecule has 3 heteroatoms. The zero-order valence-electron chi connectivity index (χ0n) is 8.75. The van der Waals surface area contributed by atoms with Gasteiger partial charge in [-0.3, -0.25) is 4.68 Å². The van der Waals surface area contributed by atoms with Crippen molar-refractivity contribution in [2.24, 2.45) is 5.92 Å². The molecule has 0 N–H and O–H groups in total. The van der Waals surface area contributed by atoms with Gasteiger partial charge in [0.15, 0.2) is 5.69 Å². The van der Waals surface area contributed by atoms with Crippen LogP contribution in [0.4, 0.5) is 0 Å². The van der Waals surface area contributed by atoms with Gasteiger partial charge in [-0.25, -0.2) is 0 Å². The van der Waals surface area contributed by atoms with Crippen LogP contribution >= 0.6 is 0 Å². The van der Waals surface area contributed by atoms with E-state index in [2.05, 4.69) is 25.0 Å². The van der Waals surface area contributed by atoms with Crippen LogP contribution in [0, 0.1) is 17.2 Å². The summed E-state index contributed by atoms with van der Waals surface area (Å²) in [5, 5.41) is 13.3. The van der Waals surface area contributed by atoms with Gasteiger partial charge in [0.1, 0.15) is 6.07 Å². The van der Waals surface area contributed by atoms with Crippen LogP contribution in [0.1, 0.15) is 37.2 Å². The summed E-state index contributed by atoms with van der Waals surface area (Å²) in [5.74, 6) is 0.589. The number of nitrogens with zero attached hydrogens (tertiary/aromatic N) is 3. The topological polar surface area (TPSA) is 41.6 Å². The zero-order valence-corrected chi connectivity index (χ0v) is 8.75. The van der Waals surface area contributed by atoms with E-state index in [0.717, 1.165) is 19.4 Å². The molecule has 1 aliphatic carbocycles. The molecule has 0 bridgehead atoms. The first kappa shape index (κ1) is 9.26. The molecule has 0 unspecified atom stereocenters. The average Bonchev–Trinajstić information content (AvgIpc) is 2.67. The third kappa shape index (κ3) is 1.41. The fourth-order valence-corrected chi connectivity index (χ4v) is 2.10. The number of hydrogen-bond donors (Lipinski definition) is 0. The molecule has 74 valence electrons. The molecule has 0 amide bonds. The molecule has 3 nitrogen and oxygen atoms in total. The molecule has 1 aromatic rings. The van der Waals surface area contributed by atoms with Crippen molar-refractivity contribution in [2.45, 2.75) is 39.7 Å². The maximum absolute atomic E-state index is 8.92. The Bertz CT molecular complexity index is 382. The largest absolute Gasteiger partial charge is 0.268 e. The molecule has 1 aromatic heterocycles. The van der Waals surface area contributed by atoms with E-state index in [1.54, 1.807) is 0 Å². The lowest BCUT2D eigenvalue weighted by Crippen LogP contribution is -2.09. The van der Waals surface area contributed by atoms with Crippen LogP contribution in [0.3, 0.4) is 0 Å². The van der Waals surface area contributed by atoms with E-state index in [9.17, 15) is 0 Å². The molecular formula is C11H15N3. The monoisotopic (exact) mass is 189 g/mol. The maximum Gasteiger partial charge on any atom is 0.165 e. The lowest BCUT2D eigenvalue weighted by molar-refractivity contribution is 0.468. The van der Waals surface area contributed by atoms with Crippen molar-refractivity contribution >= 4 is 0 Å². The molecule has 14 heavy (non-hydrogen) atoms. The van der Waals surface area contributed by atoms with Gasteiger partial charge in [0.2, 0.25) is 0 Å². The maximum atomic E-state index is 8.92. The third-order valence-corrected chi connectivity index (χ3v) is 2.65. The number of fused-ring (bicyclic) bond motifs is 1. The van der Waals surface area contributed by atoms with Crippen LogP contribution in [0.5, 0.6) is 0 Å². The SMILES string of the molecule is CC(C)Cn1nc(C#N)c2c1CCC2. The lowest BCUT2D eigenvalue weighted by atomic mass is 10.2. The summed E-state index contributed by atoms with van der Waals surface area (Å²) in [4.78, 5) is 0. The fourth-order valence-electron chi connectivity index (χ4n) is 2.10. The minimum atomic E-state index is 0.589. The number of rotatable bonds is 2. The quantitative estimate of drug-likeness (QED) is 0.713. The van der Waals surface area contributed by atoms with Crippen LogP contribution in [0.15, 0.2) is 0 Å². The Morgan fingerprint density at radius 2 is 2.29 bits per heavy atom. The first-order chi connectivity index (χ1) is 6.72. The molecule has 0 aliphatic heterocycles. The van der Waals surface area contributed by atoms with Crippen molar-refractivity contribution in [2.75, 3.05) is 0 Å². The van der Waals surface area contributed by atoms with Gasteiger partial charge in [0.25, 0.3) is 0 Å². The van der Waals surface area contributed by atoms with Crippen molar-refractivity contribution in [3.05, 3.63) is 17.0 Å². The number of hydrogen-bond acceptors (Lipinski definition) is 2. The molecule has 0 spiro atoms. The van der Waals surface area contributed by atoms with Crippen LogP contribution in [0.2, 0.25) is 0 Å². The van der Waals surface area contributed by atoms with Crippen molar-refractivity contribution in [3.63, 3.8) is 0 Å². The Kier molecular flexibility index (Phi) is 2.28. The second-order valence-electron chi connectivity index (χ2n) is 4.32. The molecule has 1 heterocycles. The van der Waals surface area contributed by atoms with E-state index in [4.69, 9.17) is 5.26 Å². The van der Waals surface area contributed by atoms with E-state index in [-0.39, 0.29) is 0 Å². The normalized spacial score (nSPS) is 14.4. The van der Waals surface area contributed by atoms with Crippen LogP contribution in [0.25, 0.3) is 0 Å². The molecule has 0 fully saturated rings. The van der Waals surface area contributed by atoms with Gasteiger partial charge in [-0.05, 0) is 25.2 Å². The molecule has 0 atom stereocenters. The minimum Gasteiger partial charge on any atom is -0.268 e. The Hall–Kier alpha value is -1.30. The highest BCUT2D eigenvalue weighted by atomic mass is 15.3. The van der Waals surface area contributed by atoms with Gasteiger partial charge < -0.3 is 0 Å². The second kappa shape index (κ2) is 3.45. The summed E-state index contributed by atoms with van der Waals surface area (Å²) in [6, 6.07) is 2.19. The van der Waals surface area contributed by atoms with Gasteiger partial charge in [0.05, 0.1) is 0 Å². The van der Waals surface area contributed by atoms with Gasteiger partial charge in [-0.1, -0.05) is 13.8 Å². The van der Waals surface area contributed by atoms with Crippen molar-refractivity contribution in [1.82, 2.24) is 9.78 Å². The lowest BCUT2D eigenvalue weighted by Gasteiger charge is -2.07. The van der Waals surface area contributed by atoms with E-state index in [1.807, 2.05) is 4.68 Å². The highest BCUT2D eigenvalue weighted by Gasteiger charge is 2.22. The van der Waals surface area contributed by atoms with Crippen molar-refractivity contribution < 1.29 is 0 Å². The Morgan fingerprint density at radius 1 is 1.50 bits per heavy atom. The summed E-state index contributed by atoms with van der Waals surface area (Å²) >= 11 is 0. The fraction of sp³-hybridized carbons (Fsp3) is 0.636. The minimum absolute atomic E-state index is 0.589. The van der Waals surface area contributed by atoms with Crippen molar-refractivity contribution in [1.29, 1.82) is 5.26 Å². The summed E-state index contributed by atoms with van der Waals surface area (Å²) in [6.07, 6.45) is 3.31. The molecule has 0 aromatic carbocycles. The molecule has 2 rings (SSSR count). The number of nitriles is 1. The molecule has 0 saturated heterocycles. The predicted octanol–water partition coefficient (Wildman–Crippen LogP) is 1.90. The third-order valence-electron chi connectivity index (χ3n) is 2.65. The number of aromatic nitrogens is 2. The Labute approximate surface area is 84.3 Å². The summed E-state index contributed by atoms with van der Waals surface area (Å²) in [6.45, 7) is 5.29. The van der Waals surface area contributed by atoms with Gasteiger partial charge in [-0.15, -0.1) is 0 Å². The smallest absolute Gasteiger partial charge is 0.165 e. The first-order valence-corrected chi connectivity index (χ1v) is 5.21. The summed E-state index contributed by atoms with van der Waals surface area (Å²) in [5.41, 5.74) is 3.15. The highest BCUT2D eigenvalue weighted by Crippen LogP contribution is 2.25. The van der Waals surface area contributed by atoms with E-state index < -0.39 is 0 Å². The first-order valence-electron chi connectivity index (χ1n) is 5.21. The molecular weight excluding hydrogens is 174 g/mol. The standard InChI is InChI=1S/C11H15N3/c1-8(2)7-14-11-5-3-4-9(11)10(6-12)13-14/h8H,3-5,7H2,1-2H3. The van der Waals surface area contributed by atoms with Gasteiger partial charge in [0, 0.05) is 17.8 Å². The Balaban J connectivity index is 2.38. The van der Waals surface area contributed by atoms with E-state index in [0.29, 0.717) is 11.6 Å². The molecule has 0 saturated carbocycles. The van der Waals surface area contributed by atoms with E-state index in [1.165, 1.54) is 17.7 Å². The zero-order chi connectivity index (χ0) is 10.1.